The molecule has 0 bridgehead atoms. The fraction of sp³-hybridized carbons (Fsp3) is 0.0645. The first-order valence-corrected chi connectivity index (χ1v) is 10.7. The van der Waals surface area contributed by atoms with Gasteiger partial charge in [0.1, 0.15) is 11.2 Å². The van der Waals surface area contributed by atoms with Gasteiger partial charge in [-0.1, -0.05) is 96.5 Å². The van der Waals surface area contributed by atoms with E-state index in [2.05, 4.69) is 23.7 Å². The van der Waals surface area contributed by atoms with Crippen LogP contribution in [0.25, 0.3) is 0 Å². The van der Waals surface area contributed by atoms with Crippen molar-refractivity contribution in [1.82, 2.24) is 0 Å². The molecule has 1 aliphatic rings. The summed E-state index contributed by atoms with van der Waals surface area (Å²) < 4.78 is 0. The molecule has 158 valence electrons. The van der Waals surface area contributed by atoms with Crippen LogP contribution in [-0.2, 0) is 0 Å². The lowest BCUT2D eigenvalue weighted by molar-refractivity contribution is 0.104. The summed E-state index contributed by atoms with van der Waals surface area (Å²) in [5, 5.41) is 9.88. The van der Waals surface area contributed by atoms with Crippen LogP contribution in [0.2, 0.25) is 0 Å². The minimum absolute atomic E-state index is 0.0216. The van der Waals surface area contributed by atoms with Gasteiger partial charge in [-0.05, 0) is 54.5 Å². The summed E-state index contributed by atoms with van der Waals surface area (Å²) in [7, 11) is 0. The number of carbonyl (C=O) groups excluding carboxylic acids is 1. The minimum Gasteiger partial charge on any atom is -0.507 e. The van der Waals surface area contributed by atoms with Crippen molar-refractivity contribution >= 4 is 5.78 Å². The number of hydrogen-bond donors (Lipinski definition) is 1. The molecule has 0 unspecified atom stereocenters. The zero-order valence-corrected chi connectivity index (χ0v) is 18.0. The molecule has 1 N–H and O–H groups in total. The van der Waals surface area contributed by atoms with Gasteiger partial charge in [0.2, 0.25) is 0 Å². The Bertz CT molecular complexity index is 1290. The van der Waals surface area contributed by atoms with E-state index < -0.39 is 5.41 Å². The number of rotatable bonds is 3. The SMILES string of the molecule is O=C(C=CC1=CCC(C#Cc2ccccc2)(C#Cc2ccccc2)C=C1)c1ccccc1O. The smallest absolute Gasteiger partial charge is 0.189 e. The van der Waals surface area contributed by atoms with Gasteiger partial charge in [-0.15, -0.1) is 0 Å². The van der Waals surface area contributed by atoms with E-state index in [1.54, 1.807) is 24.3 Å². The molecule has 4 rings (SSSR count). The highest BCUT2D eigenvalue weighted by Gasteiger charge is 2.23. The van der Waals surface area contributed by atoms with Crippen molar-refractivity contribution < 1.29 is 9.90 Å². The van der Waals surface area contributed by atoms with Crippen LogP contribution in [0.1, 0.15) is 27.9 Å². The minimum atomic E-state index is -0.620. The molecule has 0 saturated carbocycles. The van der Waals surface area contributed by atoms with E-state index >= 15 is 0 Å². The van der Waals surface area contributed by atoms with Gasteiger partial charge in [0.05, 0.1) is 5.56 Å². The van der Waals surface area contributed by atoms with Gasteiger partial charge in [0.25, 0.3) is 0 Å². The standard InChI is InChI=1S/C31H22O2/c32-29-14-8-7-13-28(29)30(33)16-15-27-19-23-31(24-20-27,21-17-25-9-3-1-4-10-25)22-18-26-11-5-2-6-12-26/h1-16,19-20,23,32H,24H2. The number of allylic oxidation sites excluding steroid dienone is 6. The number of ketones is 1. The second kappa shape index (κ2) is 10.2. The fourth-order valence-electron chi connectivity index (χ4n) is 3.35. The Kier molecular flexibility index (Phi) is 6.70. The maximum atomic E-state index is 12.4. The summed E-state index contributed by atoms with van der Waals surface area (Å²) in [6.07, 6.45) is 9.82. The van der Waals surface area contributed by atoms with E-state index in [4.69, 9.17) is 0 Å². The van der Waals surface area contributed by atoms with Crippen LogP contribution in [0.3, 0.4) is 0 Å². The molecule has 3 aromatic rings. The topological polar surface area (TPSA) is 37.3 Å². The molecular formula is C31H22O2. The van der Waals surface area contributed by atoms with E-state index in [9.17, 15) is 9.90 Å². The Morgan fingerprint density at radius 1 is 0.818 bits per heavy atom. The highest BCUT2D eigenvalue weighted by Crippen LogP contribution is 2.30. The maximum absolute atomic E-state index is 12.4. The summed E-state index contributed by atoms with van der Waals surface area (Å²) in [6, 6.07) is 26.2. The van der Waals surface area contributed by atoms with E-state index in [1.807, 2.05) is 78.9 Å². The van der Waals surface area contributed by atoms with Crippen LogP contribution in [-0.4, -0.2) is 10.9 Å². The molecule has 0 fully saturated rings. The van der Waals surface area contributed by atoms with Crippen LogP contribution in [0.5, 0.6) is 5.75 Å². The van der Waals surface area contributed by atoms with Crippen molar-refractivity contribution in [1.29, 1.82) is 0 Å². The second-order valence-electron chi connectivity index (χ2n) is 7.66. The van der Waals surface area contributed by atoms with Gasteiger partial charge in [0, 0.05) is 11.1 Å². The molecule has 2 nitrogen and oxygen atoms in total. The van der Waals surface area contributed by atoms with Gasteiger partial charge in [0.15, 0.2) is 5.78 Å². The van der Waals surface area contributed by atoms with Crippen molar-refractivity contribution in [3.8, 4) is 29.4 Å². The fourth-order valence-corrected chi connectivity index (χ4v) is 3.35. The van der Waals surface area contributed by atoms with Gasteiger partial charge in [-0.2, -0.15) is 0 Å². The first kappa shape index (κ1) is 21.7. The maximum Gasteiger partial charge on any atom is 0.189 e. The molecule has 0 heterocycles. The zero-order chi connectivity index (χ0) is 22.9. The number of phenolic OH excluding ortho intramolecular Hbond substituents is 1. The largest absolute Gasteiger partial charge is 0.507 e. The predicted molar refractivity (Wildman–Crippen MR) is 132 cm³/mol. The number of phenols is 1. The Morgan fingerprint density at radius 3 is 1.94 bits per heavy atom. The highest BCUT2D eigenvalue weighted by molar-refractivity contribution is 6.06. The summed E-state index contributed by atoms with van der Waals surface area (Å²) in [6.45, 7) is 0. The number of para-hydroxylation sites is 1. The van der Waals surface area contributed by atoms with E-state index in [0.717, 1.165) is 16.7 Å². The van der Waals surface area contributed by atoms with E-state index in [1.165, 1.54) is 12.1 Å². The van der Waals surface area contributed by atoms with Gasteiger partial charge < -0.3 is 5.11 Å². The van der Waals surface area contributed by atoms with Crippen LogP contribution in [0.15, 0.2) is 121 Å². The second-order valence-corrected chi connectivity index (χ2v) is 7.66. The predicted octanol–water partition coefficient (Wildman–Crippen LogP) is 6.11. The quantitative estimate of drug-likeness (QED) is 0.312. The molecule has 33 heavy (non-hydrogen) atoms. The van der Waals surface area contributed by atoms with Crippen molar-refractivity contribution in [2.45, 2.75) is 6.42 Å². The molecular weight excluding hydrogens is 404 g/mol. The third-order valence-electron chi connectivity index (χ3n) is 5.22. The normalized spacial score (nSPS) is 13.9. The Morgan fingerprint density at radius 2 is 1.39 bits per heavy atom. The van der Waals surface area contributed by atoms with Crippen molar-refractivity contribution in [2.75, 3.05) is 0 Å². The number of hydrogen-bond acceptors (Lipinski definition) is 2. The Labute approximate surface area is 194 Å². The first-order chi connectivity index (χ1) is 16.1. The molecule has 1 aliphatic carbocycles. The molecule has 3 aromatic carbocycles. The summed E-state index contributed by atoms with van der Waals surface area (Å²) in [4.78, 5) is 12.4. The first-order valence-electron chi connectivity index (χ1n) is 10.7. The molecule has 0 atom stereocenters. The third kappa shape index (κ3) is 5.79. The average Bonchev–Trinajstić information content (AvgIpc) is 2.87. The summed E-state index contributed by atoms with van der Waals surface area (Å²) >= 11 is 0. The van der Waals surface area contributed by atoms with Crippen LogP contribution >= 0.6 is 0 Å². The molecule has 0 spiro atoms. The molecule has 0 saturated heterocycles. The number of benzene rings is 3. The van der Waals surface area contributed by atoms with Gasteiger partial charge >= 0.3 is 0 Å². The monoisotopic (exact) mass is 426 g/mol. The number of aromatic hydroxyl groups is 1. The lowest BCUT2D eigenvalue weighted by atomic mass is 9.80. The average molecular weight is 427 g/mol. The third-order valence-corrected chi connectivity index (χ3v) is 5.22. The van der Waals surface area contributed by atoms with Crippen molar-refractivity contribution in [3.63, 3.8) is 0 Å². The number of carbonyl (C=O) groups is 1. The zero-order valence-electron chi connectivity index (χ0n) is 18.0. The summed E-state index contributed by atoms with van der Waals surface area (Å²) in [5.74, 6) is 13.0. The molecule has 0 radical (unpaired) electrons. The van der Waals surface area contributed by atoms with Gasteiger partial charge in [-0.25, -0.2) is 0 Å². The highest BCUT2D eigenvalue weighted by atomic mass is 16.3. The van der Waals surface area contributed by atoms with Crippen molar-refractivity contribution in [2.24, 2.45) is 5.41 Å². The van der Waals surface area contributed by atoms with E-state index in [0.29, 0.717) is 6.42 Å². The lowest BCUT2D eigenvalue weighted by Crippen LogP contribution is -2.15. The Balaban J connectivity index is 1.58. The molecule has 2 heteroatoms. The Hall–Kier alpha value is -4.53. The van der Waals surface area contributed by atoms with E-state index in [-0.39, 0.29) is 17.1 Å². The lowest BCUT2D eigenvalue weighted by Gasteiger charge is -2.20. The molecule has 0 amide bonds. The summed E-state index contributed by atoms with van der Waals surface area (Å²) in [5.41, 5.74) is 2.44. The van der Waals surface area contributed by atoms with Gasteiger partial charge in [-0.3, -0.25) is 4.79 Å². The van der Waals surface area contributed by atoms with Crippen LogP contribution in [0, 0.1) is 29.1 Å². The van der Waals surface area contributed by atoms with Crippen LogP contribution < -0.4 is 0 Å². The molecule has 0 aromatic heterocycles. The molecule has 0 aliphatic heterocycles. The van der Waals surface area contributed by atoms with Crippen molar-refractivity contribution in [3.05, 3.63) is 138 Å². The van der Waals surface area contributed by atoms with Crippen LogP contribution in [0.4, 0.5) is 0 Å².